The molecule has 0 aliphatic heterocycles. The Hall–Kier alpha value is -0.100. The Labute approximate surface area is 86.2 Å². The third-order valence-corrected chi connectivity index (χ3v) is 2.42. The zero-order chi connectivity index (χ0) is 8.97. The number of ether oxygens (including phenoxy) is 1. The molecule has 0 aliphatic carbocycles. The van der Waals surface area contributed by atoms with Crippen LogP contribution in [-0.4, -0.2) is 16.9 Å². The Bertz CT molecular complexity index is 247. The zero-order valence-electron chi connectivity index (χ0n) is 7.38. The molecule has 0 unspecified atom stereocenters. The third kappa shape index (κ3) is 2.45. The highest BCUT2D eigenvalue weighted by molar-refractivity contribution is 14.1. The Morgan fingerprint density at radius 2 is 2.42 bits per heavy atom. The number of aryl methyl sites for hydroxylation is 1. The largest absolute Gasteiger partial charge is 0.378 e. The van der Waals surface area contributed by atoms with Crippen molar-refractivity contribution in [2.45, 2.75) is 26.5 Å². The third-order valence-electron chi connectivity index (χ3n) is 1.52. The van der Waals surface area contributed by atoms with Crippen molar-refractivity contribution in [2.24, 2.45) is 0 Å². The predicted molar refractivity (Wildman–Crippen MR) is 55.9 cm³/mol. The van der Waals surface area contributed by atoms with Gasteiger partial charge in [-0.2, -0.15) is 5.10 Å². The van der Waals surface area contributed by atoms with E-state index in [9.17, 15) is 0 Å². The van der Waals surface area contributed by atoms with E-state index in [1.165, 1.54) is 3.57 Å². The summed E-state index contributed by atoms with van der Waals surface area (Å²) in [6.45, 7) is 3.74. The molecule has 12 heavy (non-hydrogen) atoms. The van der Waals surface area contributed by atoms with Gasteiger partial charge in [0.1, 0.15) is 5.69 Å². The first kappa shape index (κ1) is 9.98. The summed E-state index contributed by atoms with van der Waals surface area (Å²) in [6, 6.07) is 0. The molecule has 0 atom stereocenters. The molecule has 0 bridgehead atoms. The average molecular weight is 280 g/mol. The van der Waals surface area contributed by atoms with Crippen LogP contribution in [0.5, 0.6) is 0 Å². The lowest BCUT2D eigenvalue weighted by atomic mass is 10.5. The summed E-state index contributed by atoms with van der Waals surface area (Å²) in [4.78, 5) is 0. The first-order chi connectivity index (χ1) is 5.77. The van der Waals surface area contributed by atoms with E-state index in [2.05, 4.69) is 40.8 Å². The van der Waals surface area contributed by atoms with Gasteiger partial charge in [-0.3, -0.25) is 4.68 Å². The van der Waals surface area contributed by atoms with Crippen LogP contribution in [0.3, 0.4) is 0 Å². The quantitative estimate of drug-likeness (QED) is 0.789. The lowest BCUT2D eigenvalue weighted by Gasteiger charge is -1.95. The maximum atomic E-state index is 5.02. The second kappa shape index (κ2) is 4.81. The number of halogens is 1. The van der Waals surface area contributed by atoms with Gasteiger partial charge >= 0.3 is 0 Å². The summed E-state index contributed by atoms with van der Waals surface area (Å²) in [5.74, 6) is 0. The van der Waals surface area contributed by atoms with Gasteiger partial charge in [-0.1, -0.05) is 6.92 Å². The lowest BCUT2D eigenvalue weighted by Crippen LogP contribution is -1.98. The van der Waals surface area contributed by atoms with E-state index in [0.717, 1.165) is 18.7 Å². The summed E-state index contributed by atoms with van der Waals surface area (Å²) in [7, 11) is 1.69. The molecule has 68 valence electrons. The zero-order valence-corrected chi connectivity index (χ0v) is 9.54. The molecule has 0 radical (unpaired) electrons. The van der Waals surface area contributed by atoms with Gasteiger partial charge in [0.2, 0.25) is 0 Å². The molecule has 3 nitrogen and oxygen atoms in total. The van der Waals surface area contributed by atoms with Crippen LogP contribution in [0.2, 0.25) is 0 Å². The maximum Gasteiger partial charge on any atom is 0.101 e. The fourth-order valence-corrected chi connectivity index (χ4v) is 1.60. The molecular formula is C8H13IN2O. The van der Waals surface area contributed by atoms with Gasteiger partial charge in [0.25, 0.3) is 0 Å². The van der Waals surface area contributed by atoms with E-state index in [1.54, 1.807) is 7.11 Å². The van der Waals surface area contributed by atoms with Crippen molar-refractivity contribution < 1.29 is 4.74 Å². The Kier molecular flexibility index (Phi) is 4.00. The van der Waals surface area contributed by atoms with Crippen molar-refractivity contribution in [1.29, 1.82) is 0 Å². The topological polar surface area (TPSA) is 27.1 Å². The van der Waals surface area contributed by atoms with E-state index in [1.807, 2.05) is 4.68 Å². The van der Waals surface area contributed by atoms with Gasteiger partial charge in [0.15, 0.2) is 0 Å². The molecule has 1 aromatic heterocycles. The lowest BCUT2D eigenvalue weighted by molar-refractivity contribution is 0.180. The molecule has 0 saturated carbocycles. The molecule has 0 amide bonds. The molecule has 1 rings (SSSR count). The summed E-state index contributed by atoms with van der Waals surface area (Å²) in [6.07, 6.45) is 3.17. The molecule has 1 aromatic rings. The molecular weight excluding hydrogens is 267 g/mol. The summed E-state index contributed by atoms with van der Waals surface area (Å²) in [5.41, 5.74) is 1.03. The van der Waals surface area contributed by atoms with Crippen molar-refractivity contribution in [3.05, 3.63) is 15.5 Å². The van der Waals surface area contributed by atoms with Crippen LogP contribution in [-0.2, 0) is 17.9 Å². The van der Waals surface area contributed by atoms with E-state index in [4.69, 9.17) is 4.74 Å². The minimum Gasteiger partial charge on any atom is -0.378 e. The average Bonchev–Trinajstić information content (AvgIpc) is 2.34. The highest BCUT2D eigenvalue weighted by Crippen LogP contribution is 2.10. The molecule has 0 spiro atoms. The fraction of sp³-hybridized carbons (Fsp3) is 0.625. The van der Waals surface area contributed by atoms with Gasteiger partial charge in [-0.25, -0.2) is 0 Å². The number of nitrogens with zero attached hydrogens (tertiary/aromatic N) is 2. The van der Waals surface area contributed by atoms with Crippen LogP contribution < -0.4 is 0 Å². The maximum absolute atomic E-state index is 5.02. The molecule has 0 saturated heterocycles. The van der Waals surface area contributed by atoms with E-state index >= 15 is 0 Å². The normalized spacial score (nSPS) is 10.6. The fourth-order valence-electron chi connectivity index (χ4n) is 1.02. The van der Waals surface area contributed by atoms with E-state index < -0.39 is 0 Å². The number of hydrogen-bond acceptors (Lipinski definition) is 2. The predicted octanol–water partition coefficient (Wildman–Crippen LogP) is 2.04. The van der Waals surface area contributed by atoms with Crippen LogP contribution in [0.15, 0.2) is 6.20 Å². The minimum absolute atomic E-state index is 0.606. The molecule has 0 aromatic carbocycles. The summed E-state index contributed by atoms with van der Waals surface area (Å²) < 4.78 is 8.17. The number of rotatable bonds is 4. The van der Waals surface area contributed by atoms with Crippen LogP contribution in [0, 0.1) is 3.57 Å². The van der Waals surface area contributed by atoms with Crippen LogP contribution in [0.1, 0.15) is 19.0 Å². The van der Waals surface area contributed by atoms with Crippen LogP contribution in [0.25, 0.3) is 0 Å². The second-order valence-electron chi connectivity index (χ2n) is 2.62. The first-order valence-corrected chi connectivity index (χ1v) is 5.06. The molecule has 1 heterocycles. The number of hydrogen-bond donors (Lipinski definition) is 0. The molecule has 4 heteroatoms. The number of aromatic nitrogens is 2. The van der Waals surface area contributed by atoms with E-state index in [0.29, 0.717) is 6.61 Å². The monoisotopic (exact) mass is 280 g/mol. The van der Waals surface area contributed by atoms with Gasteiger partial charge in [-0.05, 0) is 29.0 Å². The summed E-state index contributed by atoms with van der Waals surface area (Å²) >= 11 is 2.28. The molecule has 0 N–H and O–H groups in total. The summed E-state index contributed by atoms with van der Waals surface area (Å²) in [5, 5.41) is 4.37. The van der Waals surface area contributed by atoms with Gasteiger partial charge < -0.3 is 4.74 Å². The molecule has 0 fully saturated rings. The van der Waals surface area contributed by atoms with Crippen molar-refractivity contribution in [1.82, 2.24) is 9.78 Å². The molecule has 0 aliphatic rings. The van der Waals surface area contributed by atoms with Crippen LogP contribution >= 0.6 is 22.6 Å². The number of methoxy groups -OCH3 is 1. The smallest absolute Gasteiger partial charge is 0.101 e. The second-order valence-corrected chi connectivity index (χ2v) is 3.78. The SMILES string of the molecule is CCCn1cc(I)c(COC)n1. The van der Waals surface area contributed by atoms with Crippen molar-refractivity contribution in [3.8, 4) is 0 Å². The Morgan fingerprint density at radius 1 is 1.67 bits per heavy atom. The highest BCUT2D eigenvalue weighted by atomic mass is 127. The minimum atomic E-state index is 0.606. The van der Waals surface area contributed by atoms with Crippen molar-refractivity contribution in [3.63, 3.8) is 0 Å². The highest BCUT2D eigenvalue weighted by Gasteiger charge is 2.04. The Balaban J connectivity index is 2.70. The van der Waals surface area contributed by atoms with Crippen LogP contribution in [0.4, 0.5) is 0 Å². The Morgan fingerprint density at radius 3 is 3.00 bits per heavy atom. The van der Waals surface area contributed by atoms with E-state index in [-0.39, 0.29) is 0 Å². The van der Waals surface area contributed by atoms with Gasteiger partial charge in [0, 0.05) is 19.9 Å². The van der Waals surface area contributed by atoms with Crippen molar-refractivity contribution >= 4 is 22.6 Å². The standard InChI is InChI=1S/C8H13IN2O/c1-3-4-11-5-7(9)8(10-11)6-12-2/h5H,3-4,6H2,1-2H3. The first-order valence-electron chi connectivity index (χ1n) is 3.98. The van der Waals surface area contributed by atoms with Gasteiger partial charge in [0.05, 0.1) is 10.2 Å². The van der Waals surface area contributed by atoms with Gasteiger partial charge in [-0.15, -0.1) is 0 Å². The van der Waals surface area contributed by atoms with Crippen molar-refractivity contribution in [2.75, 3.05) is 7.11 Å².